The van der Waals surface area contributed by atoms with E-state index in [1.807, 2.05) is 0 Å². The Morgan fingerprint density at radius 3 is 2.54 bits per heavy atom. The van der Waals surface area contributed by atoms with Crippen LogP contribution in [-0.2, 0) is 0 Å². The van der Waals surface area contributed by atoms with Gasteiger partial charge in [0.05, 0.1) is 16.2 Å². The van der Waals surface area contributed by atoms with Crippen LogP contribution in [0, 0.1) is 15.9 Å². The SMILES string of the molecule is CN(C)c1nc(N/N=C\c2ccc(-c3cc([N+](=O)[O-])ccc3Cl)o2)nc(Nc2ccc(F)cc2)n1. The van der Waals surface area contributed by atoms with Crippen molar-refractivity contribution in [1.82, 2.24) is 15.0 Å². The van der Waals surface area contributed by atoms with Crippen LogP contribution in [0.1, 0.15) is 5.76 Å². The van der Waals surface area contributed by atoms with Crippen LogP contribution >= 0.6 is 11.6 Å². The Morgan fingerprint density at radius 2 is 1.83 bits per heavy atom. The van der Waals surface area contributed by atoms with Crippen molar-refractivity contribution in [3.8, 4) is 11.3 Å². The molecular formula is C22H18ClFN8O3. The van der Waals surface area contributed by atoms with E-state index in [1.165, 1.54) is 36.5 Å². The van der Waals surface area contributed by atoms with Gasteiger partial charge >= 0.3 is 0 Å². The van der Waals surface area contributed by atoms with Gasteiger partial charge in [-0.05, 0) is 42.5 Å². The van der Waals surface area contributed by atoms with Crippen molar-refractivity contribution < 1.29 is 13.7 Å². The fourth-order valence-corrected chi connectivity index (χ4v) is 3.08. The van der Waals surface area contributed by atoms with Crippen molar-refractivity contribution in [3.05, 3.63) is 81.3 Å². The van der Waals surface area contributed by atoms with Gasteiger partial charge in [0.15, 0.2) is 0 Å². The summed E-state index contributed by atoms with van der Waals surface area (Å²) in [6.45, 7) is 0. The van der Waals surface area contributed by atoms with E-state index in [1.54, 1.807) is 43.3 Å². The van der Waals surface area contributed by atoms with Gasteiger partial charge in [0.1, 0.15) is 17.3 Å². The fourth-order valence-electron chi connectivity index (χ4n) is 2.87. The minimum absolute atomic E-state index is 0.103. The van der Waals surface area contributed by atoms with E-state index in [-0.39, 0.29) is 23.4 Å². The maximum absolute atomic E-state index is 13.2. The van der Waals surface area contributed by atoms with Gasteiger partial charge in [-0.15, -0.1) is 0 Å². The molecule has 0 spiro atoms. The zero-order chi connectivity index (χ0) is 24.9. The van der Waals surface area contributed by atoms with Gasteiger partial charge in [0.25, 0.3) is 5.69 Å². The Morgan fingerprint density at radius 1 is 1.09 bits per heavy atom. The third kappa shape index (κ3) is 5.86. The topological polar surface area (TPSA) is 135 Å². The summed E-state index contributed by atoms with van der Waals surface area (Å²) in [5.41, 5.74) is 3.59. The van der Waals surface area contributed by atoms with Crippen molar-refractivity contribution in [2.75, 3.05) is 29.7 Å². The van der Waals surface area contributed by atoms with Crippen LogP contribution in [-0.4, -0.2) is 40.2 Å². The number of non-ortho nitro benzene ring substituents is 1. The molecule has 4 aromatic rings. The number of nitrogens with zero attached hydrogens (tertiary/aromatic N) is 6. The Kier molecular flexibility index (Phi) is 6.83. The summed E-state index contributed by atoms with van der Waals surface area (Å²) in [7, 11) is 3.54. The van der Waals surface area contributed by atoms with E-state index >= 15 is 0 Å². The van der Waals surface area contributed by atoms with Crippen LogP contribution in [0.2, 0.25) is 5.02 Å². The normalized spacial score (nSPS) is 11.0. The Bertz CT molecular complexity index is 1390. The van der Waals surface area contributed by atoms with Crippen molar-refractivity contribution >= 4 is 47.0 Å². The molecule has 0 aliphatic heterocycles. The van der Waals surface area contributed by atoms with E-state index < -0.39 is 4.92 Å². The second-order valence-corrected chi connectivity index (χ2v) is 7.71. The average molecular weight is 497 g/mol. The van der Waals surface area contributed by atoms with Gasteiger partial charge in [-0.25, -0.2) is 9.82 Å². The minimum Gasteiger partial charge on any atom is -0.455 e. The molecule has 2 heterocycles. The van der Waals surface area contributed by atoms with Gasteiger partial charge < -0.3 is 14.6 Å². The lowest BCUT2D eigenvalue weighted by atomic mass is 10.1. The number of hydrogen-bond donors (Lipinski definition) is 2. The lowest BCUT2D eigenvalue weighted by molar-refractivity contribution is -0.384. The number of nitro benzene ring substituents is 1. The highest BCUT2D eigenvalue weighted by Gasteiger charge is 2.14. The number of nitrogens with one attached hydrogen (secondary N) is 2. The molecule has 0 saturated heterocycles. The second kappa shape index (κ2) is 10.1. The summed E-state index contributed by atoms with van der Waals surface area (Å²) in [6.07, 6.45) is 1.39. The number of benzene rings is 2. The van der Waals surface area contributed by atoms with Gasteiger partial charge in [-0.1, -0.05) is 11.6 Å². The molecule has 2 aromatic carbocycles. The number of hydrazone groups is 1. The molecule has 0 fully saturated rings. The second-order valence-electron chi connectivity index (χ2n) is 7.30. The number of aromatic nitrogens is 3. The number of furan rings is 1. The molecule has 13 heteroatoms. The predicted octanol–water partition coefficient (Wildman–Crippen LogP) is 5.09. The molecule has 0 amide bonds. The molecule has 0 radical (unpaired) electrons. The van der Waals surface area contributed by atoms with Crippen LogP contribution in [0.25, 0.3) is 11.3 Å². The predicted molar refractivity (Wildman–Crippen MR) is 131 cm³/mol. The van der Waals surface area contributed by atoms with Crippen LogP contribution in [0.5, 0.6) is 0 Å². The number of nitro groups is 1. The summed E-state index contributed by atoms with van der Waals surface area (Å²) in [6, 6.07) is 13.1. The molecule has 35 heavy (non-hydrogen) atoms. The highest BCUT2D eigenvalue weighted by atomic mass is 35.5. The third-order valence-corrected chi connectivity index (χ3v) is 4.86. The van der Waals surface area contributed by atoms with Gasteiger partial charge in [-0.2, -0.15) is 20.1 Å². The molecule has 2 aromatic heterocycles. The Hall–Kier alpha value is -4.58. The van der Waals surface area contributed by atoms with Gasteiger partial charge in [0, 0.05) is 37.5 Å². The maximum Gasteiger partial charge on any atom is 0.270 e. The van der Waals surface area contributed by atoms with Crippen molar-refractivity contribution in [3.63, 3.8) is 0 Å². The summed E-state index contributed by atoms with van der Waals surface area (Å²) in [5, 5.41) is 18.4. The van der Waals surface area contributed by atoms with Crippen LogP contribution < -0.4 is 15.6 Å². The maximum atomic E-state index is 13.2. The first-order chi connectivity index (χ1) is 16.8. The smallest absolute Gasteiger partial charge is 0.270 e. The molecule has 0 aliphatic carbocycles. The molecule has 0 saturated carbocycles. The fraction of sp³-hybridized carbons (Fsp3) is 0.0909. The van der Waals surface area contributed by atoms with E-state index in [0.29, 0.717) is 33.7 Å². The number of rotatable bonds is 8. The standard InChI is InChI=1S/C22H18ClFN8O3/c1-31(2)22-28-20(26-14-5-3-13(24)4-6-14)27-21(29-22)30-25-12-16-8-10-19(35-16)17-11-15(32(33)34)7-9-18(17)23/h3-12H,1-2H3,(H2,26,27,28,29,30)/b25-12-. The largest absolute Gasteiger partial charge is 0.455 e. The molecule has 2 N–H and O–H groups in total. The summed E-state index contributed by atoms with van der Waals surface area (Å²) in [4.78, 5) is 25.1. The Balaban J connectivity index is 1.51. The van der Waals surface area contributed by atoms with Crippen molar-refractivity contribution in [2.45, 2.75) is 0 Å². The lowest BCUT2D eigenvalue weighted by Gasteiger charge is -2.13. The molecule has 0 atom stereocenters. The number of anilines is 4. The zero-order valence-corrected chi connectivity index (χ0v) is 19.2. The van der Waals surface area contributed by atoms with Crippen LogP contribution in [0.3, 0.4) is 0 Å². The molecule has 4 rings (SSSR count). The lowest BCUT2D eigenvalue weighted by Crippen LogP contribution is -2.15. The molecule has 0 bridgehead atoms. The average Bonchev–Trinajstić information content (AvgIpc) is 3.29. The quantitative estimate of drug-likeness (QED) is 0.194. The number of halogens is 2. The first kappa shape index (κ1) is 23.6. The van der Waals surface area contributed by atoms with E-state index in [0.717, 1.165) is 0 Å². The summed E-state index contributed by atoms with van der Waals surface area (Å²) >= 11 is 6.17. The van der Waals surface area contributed by atoms with Crippen LogP contribution in [0.15, 0.2) is 64.1 Å². The van der Waals surface area contributed by atoms with E-state index in [2.05, 4.69) is 30.8 Å². The monoisotopic (exact) mass is 496 g/mol. The number of hydrogen-bond acceptors (Lipinski definition) is 10. The Labute approximate surface area is 203 Å². The third-order valence-electron chi connectivity index (χ3n) is 4.53. The summed E-state index contributed by atoms with van der Waals surface area (Å²) < 4.78 is 18.9. The molecule has 11 nitrogen and oxygen atoms in total. The molecule has 178 valence electrons. The van der Waals surface area contributed by atoms with Gasteiger partial charge in [0.2, 0.25) is 17.8 Å². The van der Waals surface area contributed by atoms with Gasteiger partial charge in [-0.3, -0.25) is 10.1 Å². The highest BCUT2D eigenvalue weighted by molar-refractivity contribution is 6.33. The molecule has 0 unspecified atom stereocenters. The summed E-state index contributed by atoms with van der Waals surface area (Å²) in [5.74, 6) is 1.10. The highest BCUT2D eigenvalue weighted by Crippen LogP contribution is 2.32. The molecule has 0 aliphatic rings. The molecular weight excluding hydrogens is 479 g/mol. The van der Waals surface area contributed by atoms with Crippen molar-refractivity contribution in [1.29, 1.82) is 0 Å². The van der Waals surface area contributed by atoms with Crippen LogP contribution in [0.4, 0.5) is 33.6 Å². The zero-order valence-electron chi connectivity index (χ0n) is 18.4. The van der Waals surface area contributed by atoms with E-state index in [9.17, 15) is 14.5 Å². The minimum atomic E-state index is -0.509. The first-order valence-corrected chi connectivity index (χ1v) is 10.5. The van der Waals surface area contributed by atoms with E-state index in [4.69, 9.17) is 16.0 Å². The first-order valence-electron chi connectivity index (χ1n) is 10.1. The van der Waals surface area contributed by atoms with Crippen molar-refractivity contribution in [2.24, 2.45) is 5.10 Å².